The minimum absolute atomic E-state index is 0.263. The Morgan fingerprint density at radius 2 is 1.90 bits per heavy atom. The normalized spacial score (nSPS) is 17.4. The van der Waals surface area contributed by atoms with E-state index in [0.29, 0.717) is 6.04 Å². The highest BCUT2D eigenvalue weighted by molar-refractivity contribution is 5.80. The smallest absolute Gasteiger partial charge is 0.329 e. The average molecular weight is 277 g/mol. The van der Waals surface area contributed by atoms with Crippen LogP contribution in [0.1, 0.15) is 30.9 Å². The third-order valence-corrected chi connectivity index (χ3v) is 3.46. The molecule has 0 heterocycles. The molecule has 1 atom stereocenters. The molecule has 0 radical (unpaired) electrons. The van der Waals surface area contributed by atoms with Gasteiger partial charge in [-0.1, -0.05) is 6.07 Å². The number of carbonyl (C=O) groups is 1. The zero-order valence-corrected chi connectivity index (χ0v) is 12.7. The highest BCUT2D eigenvalue weighted by Gasteiger charge is 2.40. The number of hydrogen-bond donors (Lipinski definition) is 1. The van der Waals surface area contributed by atoms with Crippen molar-refractivity contribution in [1.29, 1.82) is 0 Å². The Balaban J connectivity index is 2.05. The van der Waals surface area contributed by atoms with E-state index in [-0.39, 0.29) is 12.6 Å². The Hall–Kier alpha value is -1.55. The van der Waals surface area contributed by atoms with Gasteiger partial charge in [-0.3, -0.25) is 5.32 Å². The molecule has 1 N–H and O–H groups in total. The topological polar surface area (TPSA) is 47.6 Å². The van der Waals surface area contributed by atoms with Crippen LogP contribution in [-0.4, -0.2) is 31.3 Å². The number of nitrogens with one attached hydrogen (secondary N) is 1. The standard InChI is InChI=1S/C16H23NO3/c1-11-7-12(2)9-14(8-11)20-10-16(3,15(18)19-4)17-13-5-6-13/h7-9,13,17H,5-6,10H2,1-4H3. The predicted octanol–water partition coefficient (Wildman–Crippen LogP) is 2.37. The zero-order chi connectivity index (χ0) is 14.8. The Bertz CT molecular complexity index is 476. The summed E-state index contributed by atoms with van der Waals surface area (Å²) in [7, 11) is 1.41. The second-order valence-electron chi connectivity index (χ2n) is 5.85. The molecular weight excluding hydrogens is 254 g/mol. The highest BCUT2D eigenvalue weighted by atomic mass is 16.5. The number of rotatable bonds is 6. The van der Waals surface area contributed by atoms with Gasteiger partial charge in [0, 0.05) is 6.04 Å². The predicted molar refractivity (Wildman–Crippen MR) is 78.0 cm³/mol. The van der Waals surface area contributed by atoms with E-state index >= 15 is 0 Å². The molecule has 1 saturated carbocycles. The van der Waals surface area contributed by atoms with Gasteiger partial charge in [0.1, 0.15) is 17.9 Å². The molecule has 1 aromatic carbocycles. The van der Waals surface area contributed by atoms with Crippen molar-refractivity contribution in [1.82, 2.24) is 5.32 Å². The second kappa shape index (κ2) is 5.83. The first kappa shape index (κ1) is 14.9. The van der Waals surface area contributed by atoms with E-state index in [1.807, 2.05) is 32.9 Å². The number of aryl methyl sites for hydroxylation is 2. The molecule has 1 aliphatic rings. The first-order valence-corrected chi connectivity index (χ1v) is 7.00. The quantitative estimate of drug-likeness (QED) is 0.811. The molecule has 0 bridgehead atoms. The summed E-state index contributed by atoms with van der Waals surface area (Å²) < 4.78 is 10.7. The Morgan fingerprint density at radius 3 is 2.40 bits per heavy atom. The largest absolute Gasteiger partial charge is 0.491 e. The van der Waals surface area contributed by atoms with Crippen molar-refractivity contribution >= 4 is 5.97 Å². The summed E-state index contributed by atoms with van der Waals surface area (Å²) in [5, 5.41) is 3.32. The molecule has 1 fully saturated rings. The van der Waals surface area contributed by atoms with Crippen LogP contribution in [0.2, 0.25) is 0 Å². The van der Waals surface area contributed by atoms with Gasteiger partial charge >= 0.3 is 5.97 Å². The van der Waals surface area contributed by atoms with Gasteiger partial charge < -0.3 is 9.47 Å². The molecule has 4 nitrogen and oxygen atoms in total. The van der Waals surface area contributed by atoms with E-state index < -0.39 is 5.54 Å². The van der Waals surface area contributed by atoms with Crippen molar-refractivity contribution < 1.29 is 14.3 Å². The third-order valence-electron chi connectivity index (χ3n) is 3.46. The van der Waals surface area contributed by atoms with E-state index in [1.54, 1.807) is 0 Å². The summed E-state index contributed by atoms with van der Waals surface area (Å²) in [6, 6.07) is 6.44. The van der Waals surface area contributed by atoms with Gasteiger partial charge in [-0.25, -0.2) is 4.79 Å². The maximum absolute atomic E-state index is 12.0. The zero-order valence-electron chi connectivity index (χ0n) is 12.7. The maximum atomic E-state index is 12.0. The fourth-order valence-electron chi connectivity index (χ4n) is 2.31. The Labute approximate surface area is 120 Å². The number of benzene rings is 1. The maximum Gasteiger partial charge on any atom is 0.329 e. The number of esters is 1. The van der Waals surface area contributed by atoms with Crippen molar-refractivity contribution in [3.63, 3.8) is 0 Å². The molecule has 20 heavy (non-hydrogen) atoms. The number of carbonyl (C=O) groups excluding carboxylic acids is 1. The minimum atomic E-state index is -0.798. The van der Waals surface area contributed by atoms with Crippen molar-refractivity contribution in [3.8, 4) is 5.75 Å². The SMILES string of the molecule is COC(=O)C(C)(COc1cc(C)cc(C)c1)NC1CC1. The Kier molecular flexibility index (Phi) is 4.33. The molecule has 4 heteroatoms. The summed E-state index contributed by atoms with van der Waals surface area (Å²) in [6.07, 6.45) is 2.21. The van der Waals surface area contributed by atoms with E-state index in [0.717, 1.165) is 29.7 Å². The van der Waals surface area contributed by atoms with Crippen molar-refractivity contribution in [2.24, 2.45) is 0 Å². The molecule has 0 spiro atoms. The van der Waals surface area contributed by atoms with Crippen LogP contribution in [0.3, 0.4) is 0 Å². The number of hydrogen-bond acceptors (Lipinski definition) is 4. The van der Waals surface area contributed by atoms with Crippen LogP contribution in [0.5, 0.6) is 5.75 Å². The lowest BCUT2D eigenvalue weighted by Gasteiger charge is -2.28. The van der Waals surface area contributed by atoms with Crippen LogP contribution in [-0.2, 0) is 9.53 Å². The monoisotopic (exact) mass is 277 g/mol. The van der Waals surface area contributed by atoms with Gasteiger partial charge in [-0.05, 0) is 56.9 Å². The van der Waals surface area contributed by atoms with Gasteiger partial charge in [0.2, 0.25) is 0 Å². The van der Waals surface area contributed by atoms with Crippen LogP contribution in [0.4, 0.5) is 0 Å². The lowest BCUT2D eigenvalue weighted by atomic mass is 10.0. The molecular formula is C16H23NO3. The van der Waals surface area contributed by atoms with Crippen LogP contribution < -0.4 is 10.1 Å². The van der Waals surface area contributed by atoms with E-state index in [2.05, 4.69) is 11.4 Å². The molecule has 1 unspecified atom stereocenters. The van der Waals surface area contributed by atoms with Crippen LogP contribution in [0, 0.1) is 13.8 Å². The fraction of sp³-hybridized carbons (Fsp3) is 0.562. The van der Waals surface area contributed by atoms with Gasteiger partial charge in [0.15, 0.2) is 0 Å². The van der Waals surface area contributed by atoms with E-state index in [1.165, 1.54) is 7.11 Å². The highest BCUT2D eigenvalue weighted by Crippen LogP contribution is 2.24. The number of methoxy groups -OCH3 is 1. The first-order chi connectivity index (χ1) is 9.43. The van der Waals surface area contributed by atoms with Crippen LogP contribution in [0.15, 0.2) is 18.2 Å². The fourth-order valence-corrected chi connectivity index (χ4v) is 2.31. The molecule has 2 rings (SSSR count). The van der Waals surface area contributed by atoms with Gasteiger partial charge in [0.05, 0.1) is 7.11 Å². The van der Waals surface area contributed by atoms with Crippen LogP contribution in [0.25, 0.3) is 0 Å². The summed E-state index contributed by atoms with van der Waals surface area (Å²) in [4.78, 5) is 12.0. The molecule has 110 valence electrons. The third kappa shape index (κ3) is 3.73. The first-order valence-electron chi connectivity index (χ1n) is 7.00. The average Bonchev–Trinajstić information content (AvgIpc) is 3.18. The van der Waals surface area contributed by atoms with Gasteiger partial charge in [-0.2, -0.15) is 0 Å². The molecule has 1 aliphatic carbocycles. The molecule has 0 aromatic heterocycles. The minimum Gasteiger partial charge on any atom is -0.491 e. The second-order valence-corrected chi connectivity index (χ2v) is 5.85. The summed E-state index contributed by atoms with van der Waals surface area (Å²) in [6.45, 7) is 6.16. The molecule has 0 saturated heterocycles. The van der Waals surface area contributed by atoms with Crippen molar-refractivity contribution in [3.05, 3.63) is 29.3 Å². The molecule has 0 aliphatic heterocycles. The summed E-state index contributed by atoms with van der Waals surface area (Å²) in [5.74, 6) is 0.504. The van der Waals surface area contributed by atoms with Gasteiger partial charge in [0.25, 0.3) is 0 Å². The van der Waals surface area contributed by atoms with Crippen LogP contribution >= 0.6 is 0 Å². The lowest BCUT2D eigenvalue weighted by molar-refractivity contribution is -0.149. The number of ether oxygens (including phenoxy) is 2. The van der Waals surface area contributed by atoms with E-state index in [9.17, 15) is 4.79 Å². The lowest BCUT2D eigenvalue weighted by Crippen LogP contribution is -2.55. The van der Waals surface area contributed by atoms with Crippen molar-refractivity contribution in [2.45, 2.75) is 45.2 Å². The van der Waals surface area contributed by atoms with Crippen molar-refractivity contribution in [2.75, 3.05) is 13.7 Å². The summed E-state index contributed by atoms with van der Waals surface area (Å²) in [5.41, 5.74) is 1.50. The van der Waals surface area contributed by atoms with E-state index in [4.69, 9.17) is 9.47 Å². The Morgan fingerprint density at radius 1 is 1.30 bits per heavy atom. The molecule has 0 amide bonds. The molecule has 1 aromatic rings. The summed E-state index contributed by atoms with van der Waals surface area (Å²) >= 11 is 0. The van der Waals surface area contributed by atoms with Gasteiger partial charge in [-0.15, -0.1) is 0 Å².